The standard InChI is InChI=1S/C18H21ClN2O/c1-4-14-7-5-6-8-16(14)20-11-17(22)21-18-13(3)9-12(2)10-15(18)19/h5-10,20H,4,11H2,1-3H3,(H,21,22). The normalized spacial score (nSPS) is 10.4. The fourth-order valence-electron chi connectivity index (χ4n) is 2.43. The molecule has 4 heteroatoms. The van der Waals surface area contributed by atoms with Crippen LogP contribution in [-0.2, 0) is 11.2 Å². The Bertz CT molecular complexity index is 660. The van der Waals surface area contributed by atoms with Gasteiger partial charge in [-0.3, -0.25) is 4.79 Å². The topological polar surface area (TPSA) is 41.1 Å². The van der Waals surface area contributed by atoms with Crippen molar-refractivity contribution in [1.82, 2.24) is 0 Å². The number of halogens is 1. The summed E-state index contributed by atoms with van der Waals surface area (Å²) in [6, 6.07) is 11.8. The van der Waals surface area contributed by atoms with Crippen LogP contribution in [0.1, 0.15) is 23.6 Å². The molecule has 0 bridgehead atoms. The van der Waals surface area contributed by atoms with Crippen LogP contribution in [0.25, 0.3) is 0 Å². The zero-order chi connectivity index (χ0) is 16.1. The summed E-state index contributed by atoms with van der Waals surface area (Å²) in [6.07, 6.45) is 0.924. The molecule has 0 aliphatic carbocycles. The minimum Gasteiger partial charge on any atom is -0.376 e. The Labute approximate surface area is 136 Å². The van der Waals surface area contributed by atoms with E-state index in [1.54, 1.807) is 0 Å². The molecule has 0 heterocycles. The molecule has 0 aliphatic heterocycles. The Balaban J connectivity index is 2.02. The Hall–Kier alpha value is -2.00. The second-order valence-corrected chi connectivity index (χ2v) is 5.76. The predicted molar refractivity (Wildman–Crippen MR) is 93.9 cm³/mol. The summed E-state index contributed by atoms with van der Waals surface area (Å²) in [5.41, 5.74) is 4.91. The first-order valence-electron chi connectivity index (χ1n) is 7.39. The van der Waals surface area contributed by atoms with Crippen LogP contribution in [-0.4, -0.2) is 12.5 Å². The van der Waals surface area contributed by atoms with Crippen molar-refractivity contribution in [2.24, 2.45) is 0 Å². The van der Waals surface area contributed by atoms with Gasteiger partial charge in [-0.15, -0.1) is 0 Å². The molecule has 116 valence electrons. The molecule has 0 radical (unpaired) electrons. The van der Waals surface area contributed by atoms with Gasteiger partial charge < -0.3 is 10.6 Å². The van der Waals surface area contributed by atoms with Gasteiger partial charge in [0.15, 0.2) is 0 Å². The number of amides is 1. The van der Waals surface area contributed by atoms with E-state index in [4.69, 9.17) is 11.6 Å². The highest BCUT2D eigenvalue weighted by molar-refractivity contribution is 6.34. The molecule has 2 N–H and O–H groups in total. The van der Waals surface area contributed by atoms with Crippen LogP contribution in [0.5, 0.6) is 0 Å². The average Bonchev–Trinajstić information content (AvgIpc) is 2.49. The van der Waals surface area contributed by atoms with Gasteiger partial charge in [0, 0.05) is 5.69 Å². The second kappa shape index (κ2) is 7.32. The lowest BCUT2D eigenvalue weighted by Crippen LogP contribution is -2.22. The molecular weight excluding hydrogens is 296 g/mol. The van der Waals surface area contributed by atoms with Crippen LogP contribution in [0.15, 0.2) is 36.4 Å². The van der Waals surface area contributed by atoms with Crippen LogP contribution in [0.3, 0.4) is 0 Å². The Morgan fingerprint density at radius 2 is 1.91 bits per heavy atom. The van der Waals surface area contributed by atoms with Gasteiger partial charge in [-0.1, -0.05) is 42.8 Å². The second-order valence-electron chi connectivity index (χ2n) is 5.35. The number of anilines is 2. The van der Waals surface area contributed by atoms with Gasteiger partial charge >= 0.3 is 0 Å². The van der Waals surface area contributed by atoms with Gasteiger partial charge in [-0.25, -0.2) is 0 Å². The van der Waals surface area contributed by atoms with E-state index in [-0.39, 0.29) is 12.5 Å². The van der Waals surface area contributed by atoms with Crippen molar-refractivity contribution in [2.45, 2.75) is 27.2 Å². The van der Waals surface area contributed by atoms with E-state index in [1.807, 2.05) is 44.2 Å². The summed E-state index contributed by atoms with van der Waals surface area (Å²) in [4.78, 5) is 12.1. The van der Waals surface area contributed by atoms with Crippen molar-refractivity contribution >= 4 is 28.9 Å². The monoisotopic (exact) mass is 316 g/mol. The summed E-state index contributed by atoms with van der Waals surface area (Å²) >= 11 is 6.21. The summed E-state index contributed by atoms with van der Waals surface area (Å²) in [5.74, 6) is -0.111. The zero-order valence-corrected chi connectivity index (χ0v) is 13.9. The number of para-hydroxylation sites is 1. The van der Waals surface area contributed by atoms with Crippen LogP contribution >= 0.6 is 11.6 Å². The molecule has 0 aromatic heterocycles. The van der Waals surface area contributed by atoms with Gasteiger partial charge in [-0.2, -0.15) is 0 Å². The summed E-state index contributed by atoms with van der Waals surface area (Å²) < 4.78 is 0. The molecule has 3 nitrogen and oxygen atoms in total. The molecule has 0 saturated heterocycles. The van der Waals surface area contributed by atoms with Gasteiger partial charge in [0.1, 0.15) is 0 Å². The molecule has 0 fully saturated rings. The summed E-state index contributed by atoms with van der Waals surface area (Å²) in [7, 11) is 0. The van der Waals surface area contributed by atoms with Crippen molar-refractivity contribution in [3.05, 3.63) is 58.1 Å². The number of benzene rings is 2. The number of hydrogen-bond acceptors (Lipinski definition) is 2. The number of hydrogen-bond donors (Lipinski definition) is 2. The van der Waals surface area contributed by atoms with Crippen LogP contribution < -0.4 is 10.6 Å². The van der Waals surface area contributed by atoms with Gasteiger partial charge in [0.25, 0.3) is 0 Å². The molecule has 0 atom stereocenters. The van der Waals surface area contributed by atoms with Crippen LogP contribution in [0.4, 0.5) is 11.4 Å². The fourth-order valence-corrected chi connectivity index (χ4v) is 2.80. The van der Waals surface area contributed by atoms with Crippen LogP contribution in [0, 0.1) is 13.8 Å². The summed E-state index contributed by atoms with van der Waals surface area (Å²) in [6.45, 7) is 6.22. The smallest absolute Gasteiger partial charge is 0.243 e. The first kappa shape index (κ1) is 16.4. The molecule has 0 aliphatic rings. The third-order valence-corrected chi connectivity index (χ3v) is 3.83. The molecule has 2 rings (SSSR count). The van der Waals surface area contributed by atoms with E-state index in [9.17, 15) is 4.79 Å². The van der Waals surface area contributed by atoms with Gasteiger partial charge in [0.05, 0.1) is 17.3 Å². The number of nitrogens with one attached hydrogen (secondary N) is 2. The maximum absolute atomic E-state index is 12.1. The molecule has 2 aromatic carbocycles. The molecular formula is C18H21ClN2O. The average molecular weight is 317 g/mol. The molecule has 0 saturated carbocycles. The van der Waals surface area contributed by atoms with Crippen LogP contribution in [0.2, 0.25) is 5.02 Å². The lowest BCUT2D eigenvalue weighted by Gasteiger charge is -2.13. The lowest BCUT2D eigenvalue weighted by atomic mass is 10.1. The van der Waals surface area contributed by atoms with Crippen molar-refractivity contribution in [1.29, 1.82) is 0 Å². The van der Waals surface area contributed by atoms with Crippen molar-refractivity contribution in [3.8, 4) is 0 Å². The Morgan fingerprint density at radius 3 is 2.59 bits per heavy atom. The molecule has 2 aromatic rings. The third-order valence-electron chi connectivity index (χ3n) is 3.53. The minimum atomic E-state index is -0.111. The molecule has 0 spiro atoms. The highest BCUT2D eigenvalue weighted by Crippen LogP contribution is 2.27. The Morgan fingerprint density at radius 1 is 1.18 bits per heavy atom. The lowest BCUT2D eigenvalue weighted by molar-refractivity contribution is -0.114. The maximum atomic E-state index is 12.1. The quantitative estimate of drug-likeness (QED) is 0.848. The summed E-state index contributed by atoms with van der Waals surface area (Å²) in [5, 5.41) is 6.63. The fraction of sp³-hybridized carbons (Fsp3) is 0.278. The minimum absolute atomic E-state index is 0.111. The van der Waals surface area contributed by atoms with E-state index >= 15 is 0 Å². The van der Waals surface area contributed by atoms with Gasteiger partial charge in [0.2, 0.25) is 5.91 Å². The number of carbonyl (C=O) groups excluding carboxylic acids is 1. The highest BCUT2D eigenvalue weighted by Gasteiger charge is 2.10. The van der Waals surface area contributed by atoms with E-state index in [0.29, 0.717) is 10.7 Å². The highest BCUT2D eigenvalue weighted by atomic mass is 35.5. The number of aryl methyl sites for hydroxylation is 3. The third kappa shape index (κ3) is 4.01. The maximum Gasteiger partial charge on any atom is 0.243 e. The van der Waals surface area contributed by atoms with Crippen molar-refractivity contribution < 1.29 is 4.79 Å². The molecule has 22 heavy (non-hydrogen) atoms. The van der Waals surface area contributed by atoms with E-state index in [0.717, 1.165) is 23.2 Å². The first-order valence-corrected chi connectivity index (χ1v) is 7.77. The number of carbonyl (C=O) groups is 1. The molecule has 0 unspecified atom stereocenters. The first-order chi connectivity index (χ1) is 10.5. The van der Waals surface area contributed by atoms with E-state index in [2.05, 4.69) is 23.6 Å². The van der Waals surface area contributed by atoms with Gasteiger partial charge in [-0.05, 0) is 49.1 Å². The number of rotatable bonds is 5. The largest absolute Gasteiger partial charge is 0.376 e. The molecule has 1 amide bonds. The SMILES string of the molecule is CCc1ccccc1NCC(=O)Nc1c(C)cc(C)cc1Cl. The Kier molecular flexibility index (Phi) is 5.45. The zero-order valence-electron chi connectivity index (χ0n) is 13.2. The van der Waals surface area contributed by atoms with Crippen molar-refractivity contribution in [2.75, 3.05) is 17.2 Å². The van der Waals surface area contributed by atoms with Crippen molar-refractivity contribution in [3.63, 3.8) is 0 Å². The van der Waals surface area contributed by atoms with E-state index < -0.39 is 0 Å². The predicted octanol–water partition coefficient (Wildman–Crippen LogP) is 4.57. The van der Waals surface area contributed by atoms with E-state index in [1.165, 1.54) is 5.56 Å².